The van der Waals surface area contributed by atoms with Gasteiger partial charge in [-0.15, -0.1) is 0 Å². The number of pyridine rings is 1. The van der Waals surface area contributed by atoms with E-state index >= 15 is 0 Å². The SMILES string of the molecule is COC(=O)NC1CCCN(c2ccncc2[N+](=O)[O-])C1. The van der Waals surface area contributed by atoms with Gasteiger partial charge in [0, 0.05) is 25.3 Å². The molecule has 0 aromatic carbocycles. The highest BCUT2D eigenvalue weighted by molar-refractivity contribution is 5.68. The van der Waals surface area contributed by atoms with E-state index in [0.29, 0.717) is 18.8 Å². The van der Waals surface area contributed by atoms with E-state index in [2.05, 4.69) is 15.0 Å². The molecule has 1 aromatic rings. The molecule has 0 spiro atoms. The fourth-order valence-electron chi connectivity index (χ4n) is 2.33. The molecule has 1 saturated heterocycles. The van der Waals surface area contributed by atoms with Gasteiger partial charge in [0.25, 0.3) is 0 Å². The van der Waals surface area contributed by atoms with Gasteiger partial charge in [-0.05, 0) is 18.9 Å². The van der Waals surface area contributed by atoms with E-state index in [1.807, 2.05) is 4.90 Å². The van der Waals surface area contributed by atoms with Crippen LogP contribution in [0.25, 0.3) is 0 Å². The van der Waals surface area contributed by atoms with Crippen molar-refractivity contribution >= 4 is 17.5 Å². The van der Waals surface area contributed by atoms with Gasteiger partial charge in [-0.2, -0.15) is 0 Å². The summed E-state index contributed by atoms with van der Waals surface area (Å²) < 4.78 is 4.57. The lowest BCUT2D eigenvalue weighted by molar-refractivity contribution is -0.384. The largest absolute Gasteiger partial charge is 0.453 e. The maximum Gasteiger partial charge on any atom is 0.407 e. The summed E-state index contributed by atoms with van der Waals surface area (Å²) in [6.45, 7) is 1.23. The zero-order valence-corrected chi connectivity index (χ0v) is 11.1. The second-order valence-electron chi connectivity index (χ2n) is 4.54. The molecule has 2 heterocycles. The highest BCUT2D eigenvalue weighted by atomic mass is 16.6. The number of anilines is 1. The predicted molar refractivity (Wildman–Crippen MR) is 71.7 cm³/mol. The van der Waals surface area contributed by atoms with Gasteiger partial charge in [0.15, 0.2) is 0 Å². The second-order valence-corrected chi connectivity index (χ2v) is 4.54. The molecule has 1 aliphatic rings. The highest BCUT2D eigenvalue weighted by Gasteiger charge is 2.26. The Labute approximate surface area is 115 Å². The minimum Gasteiger partial charge on any atom is -0.453 e. The lowest BCUT2D eigenvalue weighted by Gasteiger charge is -2.33. The van der Waals surface area contributed by atoms with Crippen LogP contribution in [-0.4, -0.2) is 42.2 Å². The van der Waals surface area contributed by atoms with Crippen molar-refractivity contribution in [2.24, 2.45) is 0 Å². The Balaban J connectivity index is 2.13. The van der Waals surface area contributed by atoms with Crippen LogP contribution in [0, 0.1) is 10.1 Å². The van der Waals surface area contributed by atoms with Crippen LogP contribution in [0.3, 0.4) is 0 Å². The van der Waals surface area contributed by atoms with Crippen LogP contribution in [0.1, 0.15) is 12.8 Å². The number of nitro groups is 1. The number of nitrogens with one attached hydrogen (secondary N) is 1. The van der Waals surface area contributed by atoms with E-state index in [9.17, 15) is 14.9 Å². The summed E-state index contributed by atoms with van der Waals surface area (Å²) >= 11 is 0. The summed E-state index contributed by atoms with van der Waals surface area (Å²) in [5.74, 6) is 0. The van der Waals surface area contributed by atoms with E-state index in [-0.39, 0.29) is 11.7 Å². The molecule has 8 nitrogen and oxygen atoms in total. The second kappa shape index (κ2) is 6.18. The molecule has 1 aliphatic heterocycles. The van der Waals surface area contributed by atoms with Crippen LogP contribution in [0.5, 0.6) is 0 Å². The Bertz CT molecular complexity index is 508. The molecular weight excluding hydrogens is 264 g/mol. The molecule has 1 atom stereocenters. The molecular formula is C12H16N4O4. The van der Waals surface area contributed by atoms with Crippen LogP contribution in [0.2, 0.25) is 0 Å². The summed E-state index contributed by atoms with van der Waals surface area (Å²) in [7, 11) is 1.31. The standard InChI is InChI=1S/C12H16N4O4/c1-20-12(17)14-9-3-2-6-15(8-9)10-4-5-13-7-11(10)16(18)19/h4-5,7,9H,2-3,6,8H2,1H3,(H,14,17). The zero-order chi connectivity index (χ0) is 14.5. The van der Waals surface area contributed by atoms with Gasteiger partial charge < -0.3 is 15.0 Å². The first-order valence-corrected chi connectivity index (χ1v) is 6.29. The lowest BCUT2D eigenvalue weighted by Crippen LogP contribution is -2.47. The Kier molecular flexibility index (Phi) is 4.34. The number of hydrogen-bond donors (Lipinski definition) is 1. The van der Waals surface area contributed by atoms with Crippen molar-refractivity contribution in [3.63, 3.8) is 0 Å². The average molecular weight is 280 g/mol. The maximum atomic E-state index is 11.2. The van der Waals surface area contributed by atoms with Crippen molar-refractivity contribution in [3.8, 4) is 0 Å². The number of hydrogen-bond acceptors (Lipinski definition) is 6. The van der Waals surface area contributed by atoms with Crippen LogP contribution < -0.4 is 10.2 Å². The first kappa shape index (κ1) is 14.0. The van der Waals surface area contributed by atoms with Crippen molar-refractivity contribution in [3.05, 3.63) is 28.6 Å². The molecule has 1 N–H and O–H groups in total. The zero-order valence-electron chi connectivity index (χ0n) is 11.1. The molecule has 1 amide bonds. The predicted octanol–water partition coefficient (Wildman–Crippen LogP) is 1.31. The van der Waals surface area contributed by atoms with Gasteiger partial charge in [-0.25, -0.2) is 4.79 Å². The third-order valence-corrected chi connectivity index (χ3v) is 3.24. The first-order valence-electron chi connectivity index (χ1n) is 6.29. The number of ether oxygens (including phenoxy) is 1. The number of alkyl carbamates (subject to hydrolysis) is 1. The third-order valence-electron chi connectivity index (χ3n) is 3.24. The van der Waals surface area contributed by atoms with Gasteiger partial charge in [-0.1, -0.05) is 0 Å². The minimum atomic E-state index is -0.485. The molecule has 108 valence electrons. The molecule has 2 rings (SSSR count). The van der Waals surface area contributed by atoms with Gasteiger partial charge >= 0.3 is 11.8 Å². The molecule has 0 radical (unpaired) electrons. The van der Waals surface area contributed by atoms with E-state index < -0.39 is 11.0 Å². The Morgan fingerprint density at radius 3 is 3.15 bits per heavy atom. The smallest absolute Gasteiger partial charge is 0.407 e. The Morgan fingerprint density at radius 2 is 2.45 bits per heavy atom. The molecule has 0 aliphatic carbocycles. The van der Waals surface area contributed by atoms with E-state index in [1.165, 1.54) is 19.5 Å². The number of methoxy groups -OCH3 is 1. The summed E-state index contributed by atoms with van der Waals surface area (Å²) in [5, 5.41) is 13.7. The van der Waals surface area contributed by atoms with Crippen LogP contribution in [0.15, 0.2) is 18.5 Å². The normalized spacial score (nSPS) is 18.4. The molecule has 0 saturated carbocycles. The van der Waals surface area contributed by atoms with Crippen molar-refractivity contribution in [2.45, 2.75) is 18.9 Å². The summed E-state index contributed by atoms with van der Waals surface area (Å²) in [4.78, 5) is 27.5. The molecule has 1 aromatic heterocycles. The lowest BCUT2D eigenvalue weighted by atomic mass is 10.1. The van der Waals surface area contributed by atoms with Crippen molar-refractivity contribution in [1.29, 1.82) is 0 Å². The number of nitrogens with zero attached hydrogens (tertiary/aromatic N) is 3. The molecule has 0 bridgehead atoms. The fourth-order valence-corrected chi connectivity index (χ4v) is 2.33. The van der Waals surface area contributed by atoms with E-state index in [0.717, 1.165) is 12.8 Å². The number of rotatable bonds is 3. The molecule has 1 unspecified atom stereocenters. The van der Waals surface area contributed by atoms with Gasteiger partial charge in [0.1, 0.15) is 11.9 Å². The Hall–Kier alpha value is -2.38. The number of carbonyl (C=O) groups is 1. The average Bonchev–Trinajstić information content (AvgIpc) is 2.47. The van der Waals surface area contributed by atoms with Crippen molar-refractivity contribution in [1.82, 2.24) is 10.3 Å². The number of amides is 1. The van der Waals surface area contributed by atoms with Crippen LogP contribution >= 0.6 is 0 Å². The maximum absolute atomic E-state index is 11.2. The summed E-state index contributed by atoms with van der Waals surface area (Å²) in [6.07, 6.45) is 3.95. The molecule has 20 heavy (non-hydrogen) atoms. The molecule has 8 heteroatoms. The van der Waals surface area contributed by atoms with E-state index in [1.54, 1.807) is 6.07 Å². The van der Waals surface area contributed by atoms with Gasteiger partial charge in [0.05, 0.1) is 12.0 Å². The monoisotopic (exact) mass is 280 g/mol. The van der Waals surface area contributed by atoms with Crippen molar-refractivity contribution < 1.29 is 14.5 Å². The summed E-state index contributed by atoms with van der Waals surface area (Å²) in [5.41, 5.74) is 0.507. The van der Waals surface area contributed by atoms with Gasteiger partial charge in [-0.3, -0.25) is 15.1 Å². The first-order chi connectivity index (χ1) is 9.61. The number of piperidine rings is 1. The van der Waals surface area contributed by atoms with E-state index in [4.69, 9.17) is 0 Å². The number of aromatic nitrogens is 1. The molecule has 1 fully saturated rings. The highest BCUT2D eigenvalue weighted by Crippen LogP contribution is 2.28. The number of carbonyl (C=O) groups excluding carboxylic acids is 1. The van der Waals surface area contributed by atoms with Gasteiger partial charge in [0.2, 0.25) is 0 Å². The Morgan fingerprint density at radius 1 is 1.65 bits per heavy atom. The summed E-state index contributed by atoms with van der Waals surface area (Å²) in [6, 6.07) is 1.54. The minimum absolute atomic E-state index is 0.0220. The fraction of sp³-hybridized carbons (Fsp3) is 0.500. The quantitative estimate of drug-likeness (QED) is 0.662. The van der Waals surface area contributed by atoms with Crippen LogP contribution in [-0.2, 0) is 4.74 Å². The van der Waals surface area contributed by atoms with Crippen LogP contribution in [0.4, 0.5) is 16.2 Å². The topological polar surface area (TPSA) is 97.6 Å². The van der Waals surface area contributed by atoms with Crippen molar-refractivity contribution in [2.75, 3.05) is 25.1 Å². The third kappa shape index (κ3) is 3.14.